The average molecular weight is 258 g/mol. The fraction of sp³-hybridized carbons (Fsp3) is 0.857. The van der Waals surface area contributed by atoms with Gasteiger partial charge >= 0.3 is 11.9 Å². The van der Waals surface area contributed by atoms with Gasteiger partial charge in [-0.2, -0.15) is 0 Å². The molecule has 0 aromatic rings. The fourth-order valence-electron chi connectivity index (χ4n) is 1.14. The van der Waals surface area contributed by atoms with Gasteiger partial charge in [0.1, 0.15) is 11.2 Å². The molecule has 4 heteroatoms. The molecule has 0 spiro atoms. The van der Waals surface area contributed by atoms with E-state index in [2.05, 4.69) is 0 Å². The van der Waals surface area contributed by atoms with E-state index in [1.54, 1.807) is 0 Å². The standard InChI is InChI=1S/C8H14O2.C6H12O2/c1-8(2,3)10-7(9)6-4-5-6;1-5(7)8-6(2,3)4/h6H,4-5H2,1-3H3;1-4H3. The van der Waals surface area contributed by atoms with Crippen molar-refractivity contribution in [1.82, 2.24) is 0 Å². The molecule has 0 unspecified atom stereocenters. The molecule has 1 rings (SSSR count). The maximum Gasteiger partial charge on any atom is 0.309 e. The fourth-order valence-corrected chi connectivity index (χ4v) is 1.14. The number of ether oxygens (including phenoxy) is 2. The maximum absolute atomic E-state index is 11.0. The van der Waals surface area contributed by atoms with Crippen LogP contribution in [0.4, 0.5) is 0 Å². The van der Waals surface area contributed by atoms with Crippen molar-refractivity contribution in [2.45, 2.75) is 72.5 Å². The van der Waals surface area contributed by atoms with Gasteiger partial charge in [-0.05, 0) is 54.4 Å². The van der Waals surface area contributed by atoms with E-state index in [4.69, 9.17) is 9.47 Å². The number of rotatable bonds is 1. The molecular formula is C14H26O4. The quantitative estimate of drug-likeness (QED) is 0.678. The van der Waals surface area contributed by atoms with Crippen molar-refractivity contribution in [3.8, 4) is 0 Å². The molecule has 18 heavy (non-hydrogen) atoms. The first-order chi connectivity index (χ1) is 7.91. The van der Waals surface area contributed by atoms with Crippen LogP contribution >= 0.6 is 0 Å². The van der Waals surface area contributed by atoms with Crippen molar-refractivity contribution in [2.75, 3.05) is 0 Å². The first kappa shape index (κ1) is 16.9. The summed E-state index contributed by atoms with van der Waals surface area (Å²) in [4.78, 5) is 21.2. The maximum atomic E-state index is 11.0. The molecule has 0 aromatic heterocycles. The van der Waals surface area contributed by atoms with E-state index in [0.29, 0.717) is 0 Å². The van der Waals surface area contributed by atoms with Gasteiger partial charge in [0.05, 0.1) is 5.92 Å². The third kappa shape index (κ3) is 11.4. The second-order valence-corrected chi connectivity index (χ2v) is 6.51. The summed E-state index contributed by atoms with van der Waals surface area (Å²) in [6, 6.07) is 0. The molecule has 0 saturated heterocycles. The van der Waals surface area contributed by atoms with Gasteiger partial charge in [0.15, 0.2) is 0 Å². The number of carbonyl (C=O) groups is 2. The predicted molar refractivity (Wildman–Crippen MR) is 70.1 cm³/mol. The largest absolute Gasteiger partial charge is 0.460 e. The van der Waals surface area contributed by atoms with Gasteiger partial charge in [-0.15, -0.1) is 0 Å². The lowest BCUT2D eigenvalue weighted by Crippen LogP contribution is -2.24. The Labute approximate surface area is 110 Å². The molecule has 0 heterocycles. The van der Waals surface area contributed by atoms with E-state index in [0.717, 1.165) is 12.8 Å². The van der Waals surface area contributed by atoms with Crippen molar-refractivity contribution >= 4 is 11.9 Å². The Morgan fingerprint density at radius 1 is 0.889 bits per heavy atom. The smallest absolute Gasteiger partial charge is 0.309 e. The van der Waals surface area contributed by atoms with Gasteiger partial charge in [0.2, 0.25) is 0 Å². The summed E-state index contributed by atoms with van der Waals surface area (Å²) >= 11 is 0. The van der Waals surface area contributed by atoms with Gasteiger partial charge < -0.3 is 9.47 Å². The van der Waals surface area contributed by atoms with Crippen molar-refractivity contribution in [2.24, 2.45) is 5.92 Å². The van der Waals surface area contributed by atoms with Gasteiger partial charge in [0, 0.05) is 6.92 Å². The highest BCUT2D eigenvalue weighted by atomic mass is 16.6. The Morgan fingerprint density at radius 3 is 1.44 bits per heavy atom. The molecule has 4 nitrogen and oxygen atoms in total. The molecule has 1 aliphatic rings. The topological polar surface area (TPSA) is 52.6 Å². The van der Waals surface area contributed by atoms with Gasteiger partial charge in [-0.3, -0.25) is 9.59 Å². The summed E-state index contributed by atoms with van der Waals surface area (Å²) in [5.41, 5.74) is -0.633. The predicted octanol–water partition coefficient (Wildman–Crippen LogP) is 3.09. The Balaban J connectivity index is 0.000000331. The monoisotopic (exact) mass is 258 g/mol. The lowest BCUT2D eigenvalue weighted by Gasteiger charge is -2.19. The molecule has 0 N–H and O–H groups in total. The molecule has 0 aromatic carbocycles. The third-order valence-corrected chi connectivity index (χ3v) is 1.77. The van der Waals surface area contributed by atoms with E-state index < -0.39 is 0 Å². The number of esters is 2. The Kier molecular flexibility index (Phi) is 5.84. The van der Waals surface area contributed by atoms with Crippen LogP contribution in [0.25, 0.3) is 0 Å². The lowest BCUT2D eigenvalue weighted by atomic mass is 10.2. The number of carbonyl (C=O) groups excluding carboxylic acids is 2. The summed E-state index contributed by atoms with van der Waals surface area (Å²) < 4.78 is 9.92. The zero-order valence-electron chi connectivity index (χ0n) is 12.6. The Morgan fingerprint density at radius 2 is 1.28 bits per heavy atom. The van der Waals surface area contributed by atoms with Crippen molar-refractivity contribution in [3.63, 3.8) is 0 Å². The molecular weight excluding hydrogens is 232 g/mol. The minimum Gasteiger partial charge on any atom is -0.460 e. The van der Waals surface area contributed by atoms with Crippen molar-refractivity contribution in [1.29, 1.82) is 0 Å². The molecule has 0 bridgehead atoms. The summed E-state index contributed by atoms with van der Waals surface area (Å²) in [6.07, 6.45) is 2.05. The van der Waals surface area contributed by atoms with Crippen molar-refractivity contribution in [3.05, 3.63) is 0 Å². The molecule has 1 fully saturated rings. The van der Waals surface area contributed by atoms with Gasteiger partial charge in [0.25, 0.3) is 0 Å². The first-order valence-electron chi connectivity index (χ1n) is 6.33. The molecule has 1 aliphatic carbocycles. The van der Waals surface area contributed by atoms with E-state index in [1.807, 2.05) is 41.5 Å². The number of hydrogen-bond acceptors (Lipinski definition) is 4. The number of hydrogen-bond donors (Lipinski definition) is 0. The molecule has 0 radical (unpaired) electrons. The van der Waals surface area contributed by atoms with Crippen LogP contribution < -0.4 is 0 Å². The average Bonchev–Trinajstić information content (AvgIpc) is 2.76. The molecule has 106 valence electrons. The summed E-state index contributed by atoms with van der Waals surface area (Å²) in [5, 5.41) is 0. The van der Waals surface area contributed by atoms with Gasteiger partial charge in [-0.1, -0.05) is 0 Å². The lowest BCUT2D eigenvalue weighted by molar-refractivity contribution is -0.156. The van der Waals surface area contributed by atoms with Crippen LogP contribution in [-0.4, -0.2) is 23.1 Å². The van der Waals surface area contributed by atoms with E-state index in [-0.39, 0.29) is 29.1 Å². The second-order valence-electron chi connectivity index (χ2n) is 6.51. The minimum atomic E-state index is -0.328. The molecule has 0 atom stereocenters. The van der Waals surface area contributed by atoms with E-state index in [1.165, 1.54) is 6.92 Å². The van der Waals surface area contributed by atoms with E-state index in [9.17, 15) is 9.59 Å². The highest BCUT2D eigenvalue weighted by Crippen LogP contribution is 2.31. The Hall–Kier alpha value is -1.06. The van der Waals surface area contributed by atoms with Crippen LogP contribution in [-0.2, 0) is 19.1 Å². The van der Waals surface area contributed by atoms with Gasteiger partial charge in [-0.25, -0.2) is 0 Å². The van der Waals surface area contributed by atoms with Crippen molar-refractivity contribution < 1.29 is 19.1 Å². The summed E-state index contributed by atoms with van der Waals surface area (Å²) in [5.74, 6) is -0.0239. The van der Waals surface area contributed by atoms with Crippen LogP contribution in [0.5, 0.6) is 0 Å². The van der Waals surface area contributed by atoms with Crippen LogP contribution in [0.15, 0.2) is 0 Å². The van der Waals surface area contributed by atoms with Crippen LogP contribution in [0.3, 0.4) is 0 Å². The molecule has 1 saturated carbocycles. The second kappa shape index (κ2) is 6.21. The van der Waals surface area contributed by atoms with E-state index >= 15 is 0 Å². The SMILES string of the molecule is CC(=O)OC(C)(C)C.CC(C)(C)OC(=O)C1CC1. The summed E-state index contributed by atoms with van der Waals surface area (Å²) in [6.45, 7) is 12.6. The molecule has 0 aliphatic heterocycles. The normalized spacial score (nSPS) is 15.3. The minimum absolute atomic E-state index is 0.0208. The van der Waals surface area contributed by atoms with Crippen LogP contribution in [0.1, 0.15) is 61.3 Å². The van der Waals surface area contributed by atoms with Crippen LogP contribution in [0, 0.1) is 5.92 Å². The zero-order valence-corrected chi connectivity index (χ0v) is 12.6. The first-order valence-corrected chi connectivity index (χ1v) is 6.33. The summed E-state index contributed by atoms with van der Waals surface area (Å²) in [7, 11) is 0. The molecule has 0 amide bonds. The highest BCUT2D eigenvalue weighted by Gasteiger charge is 2.33. The highest BCUT2D eigenvalue weighted by molar-refractivity contribution is 5.75. The Bertz CT molecular complexity index is 290. The zero-order chi connectivity index (χ0) is 14.6. The van der Waals surface area contributed by atoms with Crippen LogP contribution in [0.2, 0.25) is 0 Å². The third-order valence-electron chi connectivity index (χ3n) is 1.77.